The smallest absolute Gasteiger partial charge is 0.142 e. The normalized spacial score (nSPS) is 33.6. The molecule has 18 heavy (non-hydrogen) atoms. The Bertz CT molecular complexity index is 297. The number of nitrogens with zero attached hydrogens (tertiary/aromatic N) is 1. The van der Waals surface area contributed by atoms with Gasteiger partial charge in [0, 0.05) is 17.9 Å². The molecule has 2 rings (SSSR count). The number of Topliss-reactive ketones (excluding diaryl/α,β-unsaturated/α-hetero) is 1. The Morgan fingerprint density at radius 1 is 1.22 bits per heavy atom. The highest BCUT2D eigenvalue weighted by Gasteiger charge is 2.40. The van der Waals surface area contributed by atoms with Crippen molar-refractivity contribution in [1.82, 2.24) is 4.90 Å². The number of ketones is 1. The summed E-state index contributed by atoms with van der Waals surface area (Å²) in [5.41, 5.74) is -0.0531. The van der Waals surface area contributed by atoms with Crippen LogP contribution in [0.3, 0.4) is 0 Å². The second-order valence-corrected chi connectivity index (χ2v) is 6.99. The van der Waals surface area contributed by atoms with Crippen molar-refractivity contribution < 1.29 is 4.79 Å². The lowest BCUT2D eigenvalue weighted by Gasteiger charge is -2.24. The quantitative estimate of drug-likeness (QED) is 0.765. The first-order valence-corrected chi connectivity index (χ1v) is 7.79. The molecule has 0 N–H and O–H groups in total. The van der Waals surface area contributed by atoms with Crippen LogP contribution < -0.4 is 0 Å². The molecule has 2 fully saturated rings. The molecule has 2 heteroatoms. The lowest BCUT2D eigenvalue weighted by molar-refractivity contribution is -0.127. The van der Waals surface area contributed by atoms with E-state index in [1.165, 1.54) is 38.8 Å². The van der Waals surface area contributed by atoms with E-state index in [0.29, 0.717) is 11.7 Å². The van der Waals surface area contributed by atoms with Crippen LogP contribution >= 0.6 is 0 Å². The summed E-state index contributed by atoms with van der Waals surface area (Å²) in [7, 11) is 0. The lowest BCUT2D eigenvalue weighted by Crippen LogP contribution is -2.34. The van der Waals surface area contributed by atoms with E-state index < -0.39 is 0 Å². The summed E-state index contributed by atoms with van der Waals surface area (Å²) in [5, 5.41) is 0. The molecule has 1 heterocycles. The van der Waals surface area contributed by atoms with Crippen molar-refractivity contribution in [2.24, 2.45) is 17.3 Å². The summed E-state index contributed by atoms with van der Waals surface area (Å²) in [5.74, 6) is 1.75. The highest BCUT2D eigenvalue weighted by Crippen LogP contribution is 2.38. The summed E-state index contributed by atoms with van der Waals surface area (Å²) in [6.45, 7) is 9.99. The van der Waals surface area contributed by atoms with Gasteiger partial charge < -0.3 is 4.90 Å². The van der Waals surface area contributed by atoms with Crippen LogP contribution in [-0.4, -0.2) is 30.3 Å². The predicted octanol–water partition coefficient (Wildman–Crippen LogP) is 3.50. The molecule has 0 spiro atoms. The average Bonchev–Trinajstić information content (AvgIpc) is 2.56. The van der Waals surface area contributed by atoms with Gasteiger partial charge in [0.05, 0.1) is 0 Å². The van der Waals surface area contributed by atoms with Gasteiger partial charge in [-0.05, 0) is 51.1 Å². The minimum Gasteiger partial charge on any atom is -0.303 e. The zero-order valence-electron chi connectivity index (χ0n) is 12.4. The van der Waals surface area contributed by atoms with Gasteiger partial charge in [0.25, 0.3) is 0 Å². The van der Waals surface area contributed by atoms with Crippen molar-refractivity contribution in [3.63, 3.8) is 0 Å². The molecule has 2 aliphatic rings. The lowest BCUT2D eigenvalue weighted by atomic mass is 9.89. The number of hydrogen-bond acceptors (Lipinski definition) is 2. The summed E-state index contributed by atoms with van der Waals surface area (Å²) >= 11 is 0. The van der Waals surface area contributed by atoms with E-state index >= 15 is 0 Å². The van der Waals surface area contributed by atoms with E-state index in [1.54, 1.807) is 0 Å². The number of likely N-dealkylation sites (tertiary alicyclic amines) is 1. The van der Waals surface area contributed by atoms with Gasteiger partial charge in [-0.2, -0.15) is 0 Å². The van der Waals surface area contributed by atoms with Gasteiger partial charge in [0.2, 0.25) is 0 Å². The van der Waals surface area contributed by atoms with Crippen LogP contribution in [0.25, 0.3) is 0 Å². The van der Waals surface area contributed by atoms with Gasteiger partial charge in [0.15, 0.2) is 0 Å². The first kappa shape index (κ1) is 14.0. The molecule has 1 aliphatic heterocycles. The minimum atomic E-state index is -0.0531. The first-order chi connectivity index (χ1) is 8.53. The maximum Gasteiger partial charge on any atom is 0.142 e. The summed E-state index contributed by atoms with van der Waals surface area (Å²) in [4.78, 5) is 14.8. The van der Waals surface area contributed by atoms with Gasteiger partial charge in [-0.25, -0.2) is 0 Å². The van der Waals surface area contributed by atoms with E-state index in [2.05, 4.69) is 25.7 Å². The van der Waals surface area contributed by atoms with Gasteiger partial charge in [-0.1, -0.05) is 27.2 Å². The summed E-state index contributed by atoms with van der Waals surface area (Å²) < 4.78 is 0. The number of rotatable bonds is 3. The monoisotopic (exact) mass is 251 g/mol. The third-order valence-electron chi connectivity index (χ3n) is 5.15. The highest BCUT2D eigenvalue weighted by molar-refractivity contribution is 5.88. The van der Waals surface area contributed by atoms with E-state index in [1.807, 2.05) is 0 Å². The van der Waals surface area contributed by atoms with Crippen molar-refractivity contribution in [2.45, 2.75) is 59.3 Å². The maximum atomic E-state index is 12.3. The highest BCUT2D eigenvalue weighted by atomic mass is 16.1. The Kier molecular flexibility index (Phi) is 4.47. The fraction of sp³-hybridized carbons (Fsp3) is 0.938. The van der Waals surface area contributed by atoms with E-state index in [0.717, 1.165) is 25.3 Å². The molecule has 0 aromatic rings. The minimum absolute atomic E-state index is 0.0531. The van der Waals surface area contributed by atoms with Crippen LogP contribution in [0.2, 0.25) is 0 Å². The van der Waals surface area contributed by atoms with Crippen molar-refractivity contribution in [3.8, 4) is 0 Å². The van der Waals surface area contributed by atoms with Crippen LogP contribution in [0.15, 0.2) is 0 Å². The van der Waals surface area contributed by atoms with Gasteiger partial charge in [-0.3, -0.25) is 4.79 Å². The van der Waals surface area contributed by atoms with Gasteiger partial charge in [0.1, 0.15) is 5.78 Å². The van der Waals surface area contributed by atoms with Crippen LogP contribution in [0, 0.1) is 17.3 Å². The predicted molar refractivity (Wildman–Crippen MR) is 75.6 cm³/mol. The fourth-order valence-electron chi connectivity index (χ4n) is 3.64. The van der Waals surface area contributed by atoms with Crippen molar-refractivity contribution in [1.29, 1.82) is 0 Å². The molecule has 1 aliphatic carbocycles. The molecule has 2 unspecified atom stereocenters. The molecule has 0 bridgehead atoms. The third kappa shape index (κ3) is 3.14. The number of carbonyl (C=O) groups is 1. The van der Waals surface area contributed by atoms with Crippen molar-refractivity contribution >= 4 is 5.78 Å². The van der Waals surface area contributed by atoms with Crippen LogP contribution in [-0.2, 0) is 4.79 Å². The van der Waals surface area contributed by atoms with E-state index in [-0.39, 0.29) is 5.41 Å². The third-order valence-corrected chi connectivity index (χ3v) is 5.15. The Morgan fingerprint density at radius 3 is 2.61 bits per heavy atom. The van der Waals surface area contributed by atoms with E-state index in [4.69, 9.17) is 0 Å². The van der Waals surface area contributed by atoms with Gasteiger partial charge in [-0.15, -0.1) is 0 Å². The molecule has 0 amide bonds. The Hall–Kier alpha value is -0.370. The van der Waals surface area contributed by atoms with Crippen molar-refractivity contribution in [2.75, 3.05) is 19.6 Å². The maximum absolute atomic E-state index is 12.3. The topological polar surface area (TPSA) is 20.3 Å². The number of carbonyl (C=O) groups excluding carboxylic acids is 1. The molecule has 0 aromatic heterocycles. The fourth-order valence-corrected chi connectivity index (χ4v) is 3.64. The molecule has 1 saturated carbocycles. The van der Waals surface area contributed by atoms with Gasteiger partial charge >= 0.3 is 0 Å². The largest absolute Gasteiger partial charge is 0.303 e. The zero-order chi connectivity index (χ0) is 13.2. The van der Waals surface area contributed by atoms with Crippen LogP contribution in [0.5, 0.6) is 0 Å². The van der Waals surface area contributed by atoms with Crippen LogP contribution in [0.1, 0.15) is 59.3 Å². The molecule has 0 radical (unpaired) electrons. The van der Waals surface area contributed by atoms with Crippen molar-refractivity contribution in [3.05, 3.63) is 0 Å². The van der Waals surface area contributed by atoms with E-state index in [9.17, 15) is 4.79 Å². The standard InChI is InChI=1S/C16H29NO/c1-4-13-6-5-10-17(11-8-13)12-14-7-9-16(2,3)15(14)18/h13-14H,4-12H2,1-3H3. The summed E-state index contributed by atoms with van der Waals surface area (Å²) in [6, 6.07) is 0. The Balaban J connectivity index is 1.85. The molecule has 104 valence electrons. The molecule has 0 aromatic carbocycles. The Morgan fingerprint density at radius 2 is 2.00 bits per heavy atom. The number of hydrogen-bond donors (Lipinski definition) is 0. The second-order valence-electron chi connectivity index (χ2n) is 6.99. The zero-order valence-corrected chi connectivity index (χ0v) is 12.4. The summed E-state index contributed by atoms with van der Waals surface area (Å²) in [6.07, 6.45) is 7.56. The average molecular weight is 251 g/mol. The molecule has 2 atom stereocenters. The molecular formula is C16H29NO. The SMILES string of the molecule is CCC1CCCN(CC2CCC(C)(C)C2=O)CC1. The molecule has 2 nitrogen and oxygen atoms in total. The molecular weight excluding hydrogens is 222 g/mol. The van der Waals surface area contributed by atoms with Crippen LogP contribution in [0.4, 0.5) is 0 Å². The first-order valence-electron chi connectivity index (χ1n) is 7.79. The Labute approximate surface area is 112 Å². The second kappa shape index (κ2) is 5.73. The molecule has 1 saturated heterocycles.